The second kappa shape index (κ2) is 6.30. The molecule has 2 rings (SSSR count). The molecule has 1 aromatic carbocycles. The van der Waals surface area contributed by atoms with Crippen LogP contribution in [0, 0.1) is 0 Å². The van der Waals surface area contributed by atoms with Crippen molar-refractivity contribution >= 4 is 0 Å². The van der Waals surface area contributed by atoms with E-state index in [-0.39, 0.29) is 0 Å². The van der Waals surface area contributed by atoms with Crippen molar-refractivity contribution in [2.45, 2.75) is 39.2 Å². The molecule has 3 nitrogen and oxygen atoms in total. The molecule has 0 amide bonds. The van der Waals surface area contributed by atoms with Crippen LogP contribution in [0.15, 0.2) is 36.5 Å². The van der Waals surface area contributed by atoms with Gasteiger partial charge in [0.15, 0.2) is 0 Å². The Morgan fingerprint density at radius 1 is 1.19 bits per heavy atom. The van der Waals surface area contributed by atoms with Crippen molar-refractivity contribution in [2.75, 3.05) is 0 Å². The highest BCUT2D eigenvalue weighted by Crippen LogP contribution is 2.29. The maximum absolute atomic E-state index is 12.6. The minimum absolute atomic E-state index is 0.294. The number of halogens is 3. The molecule has 0 saturated heterocycles. The van der Waals surface area contributed by atoms with Crippen LogP contribution in [0.1, 0.15) is 36.7 Å². The molecule has 21 heavy (non-hydrogen) atoms. The zero-order valence-corrected chi connectivity index (χ0v) is 12.0. The van der Waals surface area contributed by atoms with Gasteiger partial charge in [0.25, 0.3) is 0 Å². The highest BCUT2D eigenvalue weighted by molar-refractivity contribution is 5.25. The van der Waals surface area contributed by atoms with E-state index < -0.39 is 11.7 Å². The summed E-state index contributed by atoms with van der Waals surface area (Å²) in [5.74, 6) is 0. The third-order valence-electron chi connectivity index (χ3n) is 3.08. The normalized spacial score (nSPS) is 12.1. The minimum atomic E-state index is -4.30. The van der Waals surface area contributed by atoms with E-state index in [9.17, 15) is 13.2 Å². The lowest BCUT2D eigenvalue weighted by molar-refractivity contribution is -0.137. The summed E-state index contributed by atoms with van der Waals surface area (Å²) in [4.78, 5) is 0. The fourth-order valence-electron chi connectivity index (χ4n) is 1.95. The zero-order chi connectivity index (χ0) is 15.5. The van der Waals surface area contributed by atoms with E-state index in [4.69, 9.17) is 0 Å². The number of benzene rings is 1. The molecular weight excluding hydrogens is 279 g/mol. The predicted molar refractivity (Wildman–Crippen MR) is 74.6 cm³/mol. The molecule has 0 saturated carbocycles. The van der Waals surface area contributed by atoms with Crippen LogP contribution in [0.2, 0.25) is 0 Å². The van der Waals surface area contributed by atoms with Crippen LogP contribution in [-0.4, -0.2) is 9.78 Å². The summed E-state index contributed by atoms with van der Waals surface area (Å²) in [7, 11) is 0. The minimum Gasteiger partial charge on any atom is -0.307 e. The van der Waals surface area contributed by atoms with Gasteiger partial charge in [0, 0.05) is 25.3 Å². The average Bonchev–Trinajstić information content (AvgIpc) is 2.87. The molecule has 2 aromatic rings. The highest BCUT2D eigenvalue weighted by atomic mass is 19.4. The van der Waals surface area contributed by atoms with Gasteiger partial charge in [-0.1, -0.05) is 18.2 Å². The molecule has 0 fully saturated rings. The molecule has 0 aliphatic heterocycles. The van der Waals surface area contributed by atoms with Gasteiger partial charge in [-0.25, -0.2) is 0 Å². The molecule has 6 heteroatoms. The standard InChI is InChI=1S/C15H18F3N3/c1-11(2)21-7-6-14(20-21)10-19-9-12-4-3-5-13(8-12)15(16,17)18/h3-8,11,19H,9-10H2,1-2H3. The van der Waals surface area contributed by atoms with Gasteiger partial charge in [0.1, 0.15) is 0 Å². The van der Waals surface area contributed by atoms with Crippen molar-refractivity contribution in [3.63, 3.8) is 0 Å². The molecule has 0 atom stereocenters. The Morgan fingerprint density at radius 3 is 2.57 bits per heavy atom. The van der Waals surface area contributed by atoms with E-state index in [1.165, 1.54) is 12.1 Å². The number of nitrogens with one attached hydrogen (secondary N) is 1. The van der Waals surface area contributed by atoms with Gasteiger partial charge in [0.05, 0.1) is 11.3 Å². The first-order valence-corrected chi connectivity index (χ1v) is 6.77. The molecule has 0 unspecified atom stereocenters. The molecule has 114 valence electrons. The highest BCUT2D eigenvalue weighted by Gasteiger charge is 2.30. The Hall–Kier alpha value is -1.82. The second-order valence-electron chi connectivity index (χ2n) is 5.18. The number of rotatable bonds is 5. The Balaban J connectivity index is 1.91. The van der Waals surface area contributed by atoms with E-state index in [2.05, 4.69) is 10.4 Å². The maximum Gasteiger partial charge on any atom is 0.416 e. The number of alkyl halides is 3. The van der Waals surface area contributed by atoms with Crippen molar-refractivity contribution in [1.29, 1.82) is 0 Å². The quantitative estimate of drug-likeness (QED) is 0.910. The fourth-order valence-corrected chi connectivity index (χ4v) is 1.95. The third kappa shape index (κ3) is 4.32. The van der Waals surface area contributed by atoms with Crippen molar-refractivity contribution in [1.82, 2.24) is 15.1 Å². The van der Waals surface area contributed by atoms with Gasteiger partial charge in [-0.2, -0.15) is 18.3 Å². The van der Waals surface area contributed by atoms with E-state index in [0.29, 0.717) is 24.7 Å². The van der Waals surface area contributed by atoms with Crippen molar-refractivity contribution in [2.24, 2.45) is 0 Å². The van der Waals surface area contributed by atoms with Gasteiger partial charge >= 0.3 is 6.18 Å². The molecule has 0 radical (unpaired) electrons. The molecule has 0 aliphatic carbocycles. The Kier molecular flexibility index (Phi) is 4.67. The largest absolute Gasteiger partial charge is 0.416 e. The van der Waals surface area contributed by atoms with Gasteiger partial charge < -0.3 is 5.32 Å². The lowest BCUT2D eigenvalue weighted by Gasteiger charge is -2.09. The van der Waals surface area contributed by atoms with Crippen LogP contribution in [0.3, 0.4) is 0 Å². The number of hydrogen-bond donors (Lipinski definition) is 1. The monoisotopic (exact) mass is 297 g/mol. The summed E-state index contributed by atoms with van der Waals surface area (Å²) in [5, 5.41) is 7.48. The molecule has 1 N–H and O–H groups in total. The van der Waals surface area contributed by atoms with Crippen molar-refractivity contribution < 1.29 is 13.2 Å². The first-order chi connectivity index (χ1) is 9.86. The first-order valence-electron chi connectivity index (χ1n) is 6.77. The van der Waals surface area contributed by atoms with E-state index >= 15 is 0 Å². The molecule has 0 spiro atoms. The second-order valence-corrected chi connectivity index (χ2v) is 5.18. The number of hydrogen-bond acceptors (Lipinski definition) is 2. The summed E-state index contributed by atoms with van der Waals surface area (Å²) < 4.78 is 39.6. The number of aromatic nitrogens is 2. The zero-order valence-electron chi connectivity index (χ0n) is 12.0. The fraction of sp³-hybridized carbons (Fsp3) is 0.400. The summed E-state index contributed by atoms with van der Waals surface area (Å²) >= 11 is 0. The summed E-state index contributed by atoms with van der Waals surface area (Å²) in [6.07, 6.45) is -2.40. The van der Waals surface area contributed by atoms with Crippen LogP contribution >= 0.6 is 0 Å². The average molecular weight is 297 g/mol. The summed E-state index contributed by atoms with van der Waals surface area (Å²) in [6.45, 7) is 4.97. The number of nitrogens with zero attached hydrogens (tertiary/aromatic N) is 2. The van der Waals surface area contributed by atoms with Gasteiger partial charge in [-0.3, -0.25) is 4.68 Å². The third-order valence-corrected chi connectivity index (χ3v) is 3.08. The van der Waals surface area contributed by atoms with E-state index in [1.54, 1.807) is 6.07 Å². The first kappa shape index (κ1) is 15.6. The lowest BCUT2D eigenvalue weighted by atomic mass is 10.1. The maximum atomic E-state index is 12.6. The van der Waals surface area contributed by atoms with Gasteiger partial charge in [-0.05, 0) is 31.5 Å². The van der Waals surface area contributed by atoms with Gasteiger partial charge in [0.2, 0.25) is 0 Å². The van der Waals surface area contributed by atoms with E-state index in [1.807, 2.05) is 30.8 Å². The summed E-state index contributed by atoms with van der Waals surface area (Å²) in [6, 6.07) is 7.54. The van der Waals surface area contributed by atoms with Gasteiger partial charge in [-0.15, -0.1) is 0 Å². The molecule has 1 aromatic heterocycles. The van der Waals surface area contributed by atoms with Crippen LogP contribution in [0.25, 0.3) is 0 Å². The van der Waals surface area contributed by atoms with Crippen LogP contribution in [0.5, 0.6) is 0 Å². The topological polar surface area (TPSA) is 29.9 Å². The van der Waals surface area contributed by atoms with Crippen molar-refractivity contribution in [3.05, 3.63) is 53.3 Å². The predicted octanol–water partition coefficient (Wildman–Crippen LogP) is 3.77. The van der Waals surface area contributed by atoms with Crippen LogP contribution in [-0.2, 0) is 19.3 Å². The Bertz CT molecular complexity index is 588. The van der Waals surface area contributed by atoms with Crippen LogP contribution < -0.4 is 5.32 Å². The van der Waals surface area contributed by atoms with Crippen molar-refractivity contribution in [3.8, 4) is 0 Å². The molecule has 1 heterocycles. The summed E-state index contributed by atoms with van der Waals surface area (Å²) in [5.41, 5.74) is 0.856. The van der Waals surface area contributed by atoms with Crippen LogP contribution in [0.4, 0.5) is 13.2 Å². The Morgan fingerprint density at radius 2 is 1.95 bits per heavy atom. The molecule has 0 bridgehead atoms. The Labute approximate surface area is 121 Å². The molecular formula is C15H18F3N3. The lowest BCUT2D eigenvalue weighted by Crippen LogP contribution is -2.14. The molecule has 0 aliphatic rings. The smallest absolute Gasteiger partial charge is 0.307 e. The van der Waals surface area contributed by atoms with E-state index in [0.717, 1.165) is 11.8 Å². The SMILES string of the molecule is CC(C)n1ccc(CNCc2cccc(C(F)(F)F)c2)n1.